The number of anilines is 1. The van der Waals surface area contributed by atoms with Gasteiger partial charge in [-0.1, -0.05) is 57.4 Å². The minimum atomic E-state index is -0.529. The van der Waals surface area contributed by atoms with E-state index in [9.17, 15) is 9.59 Å². The largest absolute Gasteiger partial charge is 0.488 e. The third-order valence-electron chi connectivity index (χ3n) is 5.51. The van der Waals surface area contributed by atoms with Crippen LogP contribution in [0, 0.1) is 6.92 Å². The van der Waals surface area contributed by atoms with Gasteiger partial charge in [0.1, 0.15) is 24.6 Å². The monoisotopic (exact) mass is 584 g/mol. The topological polar surface area (TPSA) is 59.1 Å². The lowest BCUT2D eigenvalue weighted by Gasteiger charge is -2.19. The van der Waals surface area contributed by atoms with Gasteiger partial charge in [-0.3, -0.25) is 14.5 Å². The molecule has 1 heterocycles. The van der Waals surface area contributed by atoms with Crippen LogP contribution >= 0.6 is 39.7 Å². The average Bonchev–Trinajstić information content (AvgIpc) is 3.09. The maximum absolute atomic E-state index is 13.6. The number of ether oxygens (including phenoxy) is 2. The van der Waals surface area contributed by atoms with Crippen LogP contribution < -0.4 is 9.64 Å². The number of halogens is 2. The third-order valence-corrected chi connectivity index (χ3v) is 6.66. The Hall–Kier alpha value is -3.20. The van der Waals surface area contributed by atoms with Crippen LogP contribution in [0.1, 0.15) is 16.7 Å². The number of amides is 1. The van der Waals surface area contributed by atoms with Crippen molar-refractivity contribution >= 4 is 68.5 Å². The highest BCUT2D eigenvalue weighted by Gasteiger charge is 2.40. The van der Waals surface area contributed by atoms with Gasteiger partial charge in [0.15, 0.2) is 5.11 Å². The van der Waals surface area contributed by atoms with Crippen LogP contribution in [-0.2, 0) is 20.9 Å². The molecule has 1 aliphatic heterocycles. The molecular weight excluding hydrogens is 564 g/mol. The Kier molecular flexibility index (Phi) is 8.08. The van der Waals surface area contributed by atoms with Crippen LogP contribution in [0.15, 0.2) is 76.9 Å². The van der Waals surface area contributed by atoms with Gasteiger partial charge in [-0.15, -0.1) is 0 Å². The maximum Gasteiger partial charge on any atom is 0.325 e. The molecule has 6 nitrogen and oxygen atoms in total. The van der Waals surface area contributed by atoms with E-state index in [1.807, 2.05) is 49.4 Å². The number of nitrogens with zero attached hydrogens (tertiary/aromatic N) is 2. The minimum Gasteiger partial charge on any atom is -0.488 e. The van der Waals surface area contributed by atoms with E-state index >= 15 is 0 Å². The van der Waals surface area contributed by atoms with Gasteiger partial charge >= 0.3 is 5.97 Å². The molecule has 3 aromatic carbocycles. The number of benzene rings is 3. The van der Waals surface area contributed by atoms with Crippen molar-refractivity contribution in [2.24, 2.45) is 0 Å². The summed E-state index contributed by atoms with van der Waals surface area (Å²) in [7, 11) is 1.29. The smallest absolute Gasteiger partial charge is 0.325 e. The lowest BCUT2D eigenvalue weighted by atomic mass is 10.1. The van der Waals surface area contributed by atoms with Crippen LogP contribution in [0.3, 0.4) is 0 Å². The molecule has 4 rings (SSSR count). The molecule has 0 saturated carbocycles. The summed E-state index contributed by atoms with van der Waals surface area (Å²) in [6.07, 6.45) is 1.67. The molecule has 0 N–H and O–H groups in total. The summed E-state index contributed by atoms with van der Waals surface area (Å²) in [6.45, 7) is 2.16. The van der Waals surface area contributed by atoms with Crippen LogP contribution in [0.25, 0.3) is 6.08 Å². The second-order valence-corrected chi connectivity index (χ2v) is 9.77. The summed E-state index contributed by atoms with van der Waals surface area (Å²) in [4.78, 5) is 28.6. The molecule has 1 amide bonds. The number of methoxy groups -OCH3 is 1. The second kappa shape index (κ2) is 11.2. The Morgan fingerprint density at radius 2 is 1.78 bits per heavy atom. The number of hydrogen-bond acceptors (Lipinski definition) is 5. The van der Waals surface area contributed by atoms with Crippen LogP contribution in [0.2, 0.25) is 5.02 Å². The van der Waals surface area contributed by atoms with E-state index in [-0.39, 0.29) is 23.3 Å². The van der Waals surface area contributed by atoms with Gasteiger partial charge in [-0.2, -0.15) is 0 Å². The van der Waals surface area contributed by atoms with Crippen LogP contribution in [-0.4, -0.2) is 35.5 Å². The average molecular weight is 586 g/mol. The Labute approximate surface area is 228 Å². The van der Waals surface area contributed by atoms with Crippen molar-refractivity contribution in [1.82, 2.24) is 4.90 Å². The normalized spacial score (nSPS) is 14.5. The first-order chi connectivity index (χ1) is 17.3. The molecule has 1 aliphatic rings. The van der Waals surface area contributed by atoms with Crippen molar-refractivity contribution in [3.05, 3.63) is 98.6 Å². The molecule has 0 atom stereocenters. The molecule has 1 saturated heterocycles. The Bertz CT molecular complexity index is 1340. The zero-order valence-electron chi connectivity index (χ0n) is 19.5. The zero-order chi connectivity index (χ0) is 25.8. The van der Waals surface area contributed by atoms with E-state index in [1.165, 1.54) is 22.5 Å². The number of carbonyl (C=O) groups is 2. The number of hydrogen-bond donors (Lipinski definition) is 0. The van der Waals surface area contributed by atoms with Crippen LogP contribution in [0.5, 0.6) is 5.75 Å². The summed E-state index contributed by atoms with van der Waals surface area (Å²) in [5.41, 5.74) is 3.59. The maximum atomic E-state index is 13.6. The lowest BCUT2D eigenvalue weighted by Crippen LogP contribution is -2.35. The molecule has 9 heteroatoms. The fourth-order valence-electron chi connectivity index (χ4n) is 3.60. The quantitative estimate of drug-likeness (QED) is 0.189. The molecule has 36 heavy (non-hydrogen) atoms. The highest BCUT2D eigenvalue weighted by Crippen LogP contribution is 2.33. The molecule has 0 unspecified atom stereocenters. The number of aryl methyl sites for hydroxylation is 1. The molecule has 0 bridgehead atoms. The standard InChI is InChI=1S/C27H22BrClN2O4S/c1-17-3-5-18(6-4-17)16-35-24-12-7-20(28)13-19(24)14-23-26(33)31(22-10-8-21(29)9-11-22)27(36)30(23)15-25(32)34-2/h3-14H,15-16H2,1-2H3/b23-14-. The minimum absolute atomic E-state index is 0.163. The first-order valence-corrected chi connectivity index (χ1v) is 12.5. The van der Waals surface area contributed by atoms with Gasteiger partial charge < -0.3 is 14.4 Å². The zero-order valence-corrected chi connectivity index (χ0v) is 22.7. The van der Waals surface area contributed by atoms with Gasteiger partial charge in [0.25, 0.3) is 5.91 Å². The van der Waals surface area contributed by atoms with Crippen molar-refractivity contribution in [1.29, 1.82) is 0 Å². The van der Waals surface area contributed by atoms with E-state index < -0.39 is 5.97 Å². The first-order valence-electron chi connectivity index (χ1n) is 10.9. The molecule has 0 spiro atoms. The summed E-state index contributed by atoms with van der Waals surface area (Å²) >= 11 is 15.1. The van der Waals surface area contributed by atoms with Crippen molar-refractivity contribution in [3.63, 3.8) is 0 Å². The molecule has 0 aliphatic carbocycles. The van der Waals surface area contributed by atoms with Gasteiger partial charge in [-0.05, 0) is 73.2 Å². The van der Waals surface area contributed by atoms with Crippen LogP contribution in [0.4, 0.5) is 5.69 Å². The highest BCUT2D eigenvalue weighted by molar-refractivity contribution is 9.10. The number of carbonyl (C=O) groups excluding carboxylic acids is 2. The van der Waals surface area contributed by atoms with Crippen molar-refractivity contribution < 1.29 is 19.1 Å². The van der Waals surface area contributed by atoms with E-state index in [2.05, 4.69) is 15.9 Å². The van der Waals surface area contributed by atoms with Gasteiger partial charge in [0.2, 0.25) is 0 Å². The van der Waals surface area contributed by atoms with E-state index in [0.29, 0.717) is 28.6 Å². The summed E-state index contributed by atoms with van der Waals surface area (Å²) in [5, 5.41) is 0.694. The molecule has 184 valence electrons. The Balaban J connectivity index is 1.71. The van der Waals surface area contributed by atoms with Crippen molar-refractivity contribution in [3.8, 4) is 5.75 Å². The van der Waals surface area contributed by atoms with E-state index in [1.54, 1.807) is 30.3 Å². The number of rotatable bonds is 7. The predicted octanol–water partition coefficient (Wildman–Crippen LogP) is 6.14. The van der Waals surface area contributed by atoms with Crippen molar-refractivity contribution in [2.45, 2.75) is 13.5 Å². The van der Waals surface area contributed by atoms with Gasteiger partial charge in [-0.25, -0.2) is 0 Å². The lowest BCUT2D eigenvalue weighted by molar-refractivity contribution is -0.140. The molecule has 0 radical (unpaired) electrons. The fourth-order valence-corrected chi connectivity index (χ4v) is 4.46. The van der Waals surface area contributed by atoms with E-state index in [0.717, 1.165) is 10.0 Å². The Morgan fingerprint density at radius 1 is 1.08 bits per heavy atom. The summed E-state index contributed by atoms with van der Waals surface area (Å²) in [6, 6.07) is 20.3. The SMILES string of the molecule is COC(=O)CN1C(=S)N(c2ccc(Cl)cc2)C(=O)/C1=C/c1cc(Br)ccc1OCc1ccc(C)cc1. The Morgan fingerprint density at radius 3 is 2.44 bits per heavy atom. The third kappa shape index (κ3) is 5.78. The van der Waals surface area contributed by atoms with Gasteiger partial charge in [0, 0.05) is 15.1 Å². The molecule has 3 aromatic rings. The first kappa shape index (κ1) is 25.9. The summed E-state index contributed by atoms with van der Waals surface area (Å²) < 4.78 is 11.8. The second-order valence-electron chi connectivity index (χ2n) is 8.05. The molecular formula is C27H22BrClN2O4S. The predicted molar refractivity (Wildman–Crippen MR) is 148 cm³/mol. The van der Waals surface area contributed by atoms with Crippen molar-refractivity contribution in [2.75, 3.05) is 18.6 Å². The number of thiocarbonyl (C=S) groups is 1. The summed E-state index contributed by atoms with van der Waals surface area (Å²) in [5.74, 6) is -0.331. The fraction of sp³-hybridized carbons (Fsp3) is 0.148. The molecule has 1 fully saturated rings. The molecule has 0 aromatic heterocycles. The van der Waals surface area contributed by atoms with Gasteiger partial charge in [0.05, 0.1) is 12.8 Å². The van der Waals surface area contributed by atoms with E-state index in [4.69, 9.17) is 33.3 Å². The number of esters is 1. The highest BCUT2D eigenvalue weighted by atomic mass is 79.9.